The Labute approximate surface area is 99.2 Å². The third-order valence-corrected chi connectivity index (χ3v) is 3.76. The number of thioether (sulfide) groups is 1. The van der Waals surface area contributed by atoms with Gasteiger partial charge in [-0.25, -0.2) is 0 Å². The van der Waals surface area contributed by atoms with Crippen LogP contribution < -0.4 is 0 Å². The number of hydrogen-bond acceptors (Lipinski definition) is 2. The van der Waals surface area contributed by atoms with E-state index in [4.69, 9.17) is 0 Å². The maximum atomic E-state index is 4.54. The van der Waals surface area contributed by atoms with E-state index in [0.29, 0.717) is 0 Å². The summed E-state index contributed by atoms with van der Waals surface area (Å²) in [5.41, 5.74) is 3.65. The number of rotatable bonds is 0. The lowest BCUT2D eigenvalue weighted by molar-refractivity contribution is 1.32. The molecule has 1 aliphatic rings. The Morgan fingerprint density at radius 1 is 0.938 bits per heavy atom. The average Bonchev–Trinajstić information content (AvgIpc) is 2.32. The second-order valence-electron chi connectivity index (χ2n) is 3.71. The van der Waals surface area contributed by atoms with Crippen molar-refractivity contribution in [3.8, 4) is 0 Å². The lowest BCUT2D eigenvalue weighted by Gasteiger charge is -2.10. The molecule has 78 valence electrons. The van der Waals surface area contributed by atoms with E-state index in [-0.39, 0.29) is 0 Å². The van der Waals surface area contributed by atoms with Crippen molar-refractivity contribution in [2.75, 3.05) is 0 Å². The van der Waals surface area contributed by atoms with Gasteiger partial charge in [0.1, 0.15) is 0 Å². The summed E-state index contributed by atoms with van der Waals surface area (Å²) in [6, 6.07) is 16.7. The fourth-order valence-corrected chi connectivity index (χ4v) is 2.79. The molecule has 1 aliphatic heterocycles. The van der Waals surface area contributed by atoms with Crippen molar-refractivity contribution in [1.29, 1.82) is 0 Å². The fourth-order valence-electron chi connectivity index (χ4n) is 1.77. The largest absolute Gasteiger partial charge is 0.255 e. The molecule has 0 N–H and O–H groups in total. The minimum absolute atomic E-state index is 1.01. The number of nitrogens with zero attached hydrogens (tertiary/aromatic N) is 1. The van der Waals surface area contributed by atoms with Gasteiger partial charge in [0.2, 0.25) is 0 Å². The van der Waals surface area contributed by atoms with Crippen LogP contribution in [-0.4, -0.2) is 6.21 Å². The van der Waals surface area contributed by atoms with Crippen molar-refractivity contribution in [2.45, 2.75) is 10.6 Å². The molecule has 0 fully saturated rings. The number of para-hydroxylation sites is 1. The molecule has 0 saturated carbocycles. The van der Waals surface area contributed by atoms with Gasteiger partial charge in [-0.1, -0.05) is 36.4 Å². The molecule has 0 aliphatic carbocycles. The lowest BCUT2D eigenvalue weighted by Crippen LogP contribution is -1.93. The predicted octanol–water partition coefficient (Wildman–Crippen LogP) is 4.04. The van der Waals surface area contributed by atoms with E-state index in [1.165, 1.54) is 16.0 Å². The first kappa shape index (κ1) is 9.67. The van der Waals surface area contributed by atoms with Crippen LogP contribution in [-0.2, 0) is 5.75 Å². The molecular weight excluding hydrogens is 214 g/mol. The van der Waals surface area contributed by atoms with Gasteiger partial charge in [-0.2, -0.15) is 0 Å². The molecule has 2 heteroatoms. The maximum Gasteiger partial charge on any atom is 0.0765 e. The molecule has 0 atom stereocenters. The van der Waals surface area contributed by atoms with Crippen molar-refractivity contribution in [3.05, 3.63) is 59.7 Å². The first-order valence-electron chi connectivity index (χ1n) is 5.27. The number of aliphatic imine (C=N–C) groups is 1. The van der Waals surface area contributed by atoms with Crippen LogP contribution in [0.2, 0.25) is 0 Å². The molecule has 0 radical (unpaired) electrons. The van der Waals surface area contributed by atoms with E-state index >= 15 is 0 Å². The zero-order chi connectivity index (χ0) is 10.8. The topological polar surface area (TPSA) is 12.4 Å². The third kappa shape index (κ3) is 1.76. The van der Waals surface area contributed by atoms with Crippen molar-refractivity contribution < 1.29 is 0 Å². The second kappa shape index (κ2) is 4.14. The van der Waals surface area contributed by atoms with E-state index < -0.39 is 0 Å². The third-order valence-electron chi connectivity index (χ3n) is 2.65. The summed E-state index contributed by atoms with van der Waals surface area (Å²) in [5, 5.41) is 0. The monoisotopic (exact) mass is 225 g/mol. The van der Waals surface area contributed by atoms with Gasteiger partial charge in [0, 0.05) is 16.9 Å². The maximum absolute atomic E-state index is 4.54. The minimum Gasteiger partial charge on any atom is -0.255 e. The van der Waals surface area contributed by atoms with Crippen LogP contribution in [0.4, 0.5) is 5.69 Å². The summed E-state index contributed by atoms with van der Waals surface area (Å²) in [5.74, 6) is 1.01. The van der Waals surface area contributed by atoms with Crippen molar-refractivity contribution in [1.82, 2.24) is 0 Å². The molecule has 0 amide bonds. The highest BCUT2D eigenvalue weighted by atomic mass is 32.2. The van der Waals surface area contributed by atoms with Gasteiger partial charge in [0.25, 0.3) is 0 Å². The normalized spacial score (nSPS) is 13.5. The predicted molar refractivity (Wildman–Crippen MR) is 69.7 cm³/mol. The van der Waals surface area contributed by atoms with E-state index in [2.05, 4.69) is 47.5 Å². The highest BCUT2D eigenvalue weighted by molar-refractivity contribution is 7.98. The zero-order valence-corrected chi connectivity index (χ0v) is 9.58. The number of hydrogen-bond donors (Lipinski definition) is 0. The van der Waals surface area contributed by atoms with E-state index in [1.807, 2.05) is 24.0 Å². The van der Waals surface area contributed by atoms with Crippen LogP contribution in [0.1, 0.15) is 11.1 Å². The van der Waals surface area contributed by atoms with Gasteiger partial charge in [0.05, 0.1) is 5.69 Å². The van der Waals surface area contributed by atoms with Gasteiger partial charge in [-0.15, -0.1) is 11.8 Å². The molecule has 1 heterocycles. The Hall–Kier alpha value is -1.54. The van der Waals surface area contributed by atoms with Crippen LogP contribution in [0.3, 0.4) is 0 Å². The van der Waals surface area contributed by atoms with Crippen LogP contribution in [0.25, 0.3) is 0 Å². The highest BCUT2D eigenvalue weighted by Gasteiger charge is 2.07. The Morgan fingerprint density at radius 3 is 2.75 bits per heavy atom. The summed E-state index contributed by atoms with van der Waals surface area (Å²) in [6.07, 6.45) is 1.97. The van der Waals surface area contributed by atoms with Gasteiger partial charge in [-0.3, -0.25) is 4.99 Å². The average molecular weight is 225 g/mol. The lowest BCUT2D eigenvalue weighted by atomic mass is 10.1. The number of fused-ring (bicyclic) bond motifs is 2. The molecule has 0 spiro atoms. The van der Waals surface area contributed by atoms with Crippen molar-refractivity contribution >= 4 is 23.7 Å². The molecule has 0 unspecified atom stereocenters. The van der Waals surface area contributed by atoms with Crippen molar-refractivity contribution in [3.63, 3.8) is 0 Å². The summed E-state index contributed by atoms with van der Waals surface area (Å²) in [6.45, 7) is 0. The molecule has 0 aromatic heterocycles. The van der Waals surface area contributed by atoms with Crippen molar-refractivity contribution in [2.24, 2.45) is 4.99 Å². The van der Waals surface area contributed by atoms with Crippen LogP contribution in [0.15, 0.2) is 58.4 Å². The Balaban J connectivity index is 2.10. The van der Waals surface area contributed by atoms with E-state index in [9.17, 15) is 0 Å². The first-order valence-corrected chi connectivity index (χ1v) is 6.26. The molecular formula is C14H11NS. The number of benzene rings is 2. The zero-order valence-electron chi connectivity index (χ0n) is 8.76. The summed E-state index contributed by atoms with van der Waals surface area (Å²) >= 11 is 1.85. The standard InChI is InChI=1S/C14H11NS/c1-2-6-12-10-16-14-8-4-3-7-13(14)15-9-11(12)5-1/h1-9H,10H2. The SMILES string of the molecule is C1=Nc2ccccc2SCc2ccccc21. The minimum atomic E-state index is 1.01. The Kier molecular flexibility index (Phi) is 2.50. The van der Waals surface area contributed by atoms with Gasteiger partial charge in [-0.05, 0) is 23.3 Å². The summed E-state index contributed by atoms with van der Waals surface area (Å²) in [7, 11) is 0. The Bertz CT molecular complexity index is 496. The quantitative estimate of drug-likeness (QED) is 0.659. The van der Waals surface area contributed by atoms with E-state index in [0.717, 1.165) is 11.4 Å². The van der Waals surface area contributed by atoms with Crippen LogP contribution in [0, 0.1) is 0 Å². The van der Waals surface area contributed by atoms with Gasteiger partial charge < -0.3 is 0 Å². The van der Waals surface area contributed by atoms with E-state index in [1.54, 1.807) is 0 Å². The summed E-state index contributed by atoms with van der Waals surface area (Å²) in [4.78, 5) is 5.80. The molecule has 0 bridgehead atoms. The fraction of sp³-hybridized carbons (Fsp3) is 0.0714. The molecule has 16 heavy (non-hydrogen) atoms. The van der Waals surface area contributed by atoms with Gasteiger partial charge in [0.15, 0.2) is 0 Å². The second-order valence-corrected chi connectivity index (χ2v) is 4.73. The summed E-state index contributed by atoms with van der Waals surface area (Å²) < 4.78 is 0. The molecule has 3 rings (SSSR count). The van der Waals surface area contributed by atoms with Crippen LogP contribution >= 0.6 is 11.8 Å². The molecule has 1 nitrogen and oxygen atoms in total. The van der Waals surface area contributed by atoms with Crippen LogP contribution in [0.5, 0.6) is 0 Å². The Morgan fingerprint density at radius 2 is 1.75 bits per heavy atom. The smallest absolute Gasteiger partial charge is 0.0765 e. The first-order chi connectivity index (χ1) is 7.93. The highest BCUT2D eigenvalue weighted by Crippen LogP contribution is 2.33. The molecule has 0 saturated heterocycles. The molecule has 2 aromatic carbocycles. The molecule has 2 aromatic rings. The van der Waals surface area contributed by atoms with Gasteiger partial charge >= 0.3 is 0 Å².